The number of hydrogen-bond donors (Lipinski definition) is 1. The summed E-state index contributed by atoms with van der Waals surface area (Å²) in [5.41, 5.74) is 11.8. The Kier molecular flexibility index (Phi) is 6.32. The van der Waals surface area contributed by atoms with Crippen molar-refractivity contribution in [3.05, 3.63) is 59.7 Å². The van der Waals surface area contributed by atoms with Gasteiger partial charge in [-0.3, -0.25) is 4.90 Å². The van der Waals surface area contributed by atoms with E-state index >= 15 is 0 Å². The van der Waals surface area contributed by atoms with Crippen LogP contribution in [-0.2, 0) is 13.1 Å². The van der Waals surface area contributed by atoms with Gasteiger partial charge in [-0.05, 0) is 49.5 Å². The molecular weight excluding hydrogens is 414 g/mol. The molecule has 4 aromatic rings. The average molecular weight is 446 g/mol. The van der Waals surface area contributed by atoms with Gasteiger partial charge in [0.25, 0.3) is 0 Å². The molecule has 2 N–H and O–H groups in total. The van der Waals surface area contributed by atoms with Gasteiger partial charge in [-0.1, -0.05) is 67.6 Å². The summed E-state index contributed by atoms with van der Waals surface area (Å²) < 4.78 is 2.34. The maximum atomic E-state index is 6.35. The lowest BCUT2D eigenvalue weighted by molar-refractivity contribution is 0.331. The third-order valence-electron chi connectivity index (χ3n) is 6.27. The van der Waals surface area contributed by atoms with Crippen molar-refractivity contribution >= 4 is 39.5 Å². The third kappa shape index (κ3) is 4.34. The maximum Gasteiger partial charge on any atom is 0.169 e. The van der Waals surface area contributed by atoms with Crippen molar-refractivity contribution in [1.82, 2.24) is 19.4 Å². The van der Waals surface area contributed by atoms with Crippen LogP contribution in [0.1, 0.15) is 43.7 Å². The number of nitrogens with two attached hydrogens (primary N) is 1. The fourth-order valence-electron chi connectivity index (χ4n) is 4.53. The smallest absolute Gasteiger partial charge is 0.169 e. The van der Waals surface area contributed by atoms with Crippen LogP contribution in [0.4, 0.5) is 5.82 Å². The summed E-state index contributed by atoms with van der Waals surface area (Å²) >= 11 is 1.82. The van der Waals surface area contributed by atoms with E-state index in [4.69, 9.17) is 10.7 Å². The molecule has 1 fully saturated rings. The van der Waals surface area contributed by atoms with Gasteiger partial charge in [0.15, 0.2) is 11.0 Å². The van der Waals surface area contributed by atoms with E-state index in [-0.39, 0.29) is 0 Å². The van der Waals surface area contributed by atoms with E-state index in [0.717, 1.165) is 45.9 Å². The number of nitrogens with zero attached hydrogens (tertiary/aromatic N) is 4. The number of nitrogen functional groups attached to an aromatic ring is 1. The van der Waals surface area contributed by atoms with Gasteiger partial charge in [-0.2, -0.15) is 0 Å². The van der Waals surface area contributed by atoms with Crippen molar-refractivity contribution in [1.29, 1.82) is 0 Å². The Morgan fingerprint density at radius 2 is 1.66 bits per heavy atom. The molecule has 1 aliphatic rings. The van der Waals surface area contributed by atoms with E-state index in [0.29, 0.717) is 5.82 Å². The Labute approximate surface area is 194 Å². The minimum absolute atomic E-state index is 0.510. The number of likely N-dealkylation sites (tertiary alicyclic amines) is 1. The molecule has 1 aliphatic heterocycles. The Morgan fingerprint density at radius 1 is 0.938 bits per heavy atom. The molecule has 32 heavy (non-hydrogen) atoms. The molecule has 0 saturated carbocycles. The second-order valence-corrected chi connectivity index (χ2v) is 9.76. The Balaban J connectivity index is 1.51. The molecule has 5 rings (SSSR count). The standard InChI is InChI=1S/C26H31N5S/c1-2-3-16-32-26-29-23-24(21-8-4-5-9-22(21)28-25(23)27)31(26)18-20-12-10-19(11-13-20)17-30-14-6-7-15-30/h4-5,8-13H,2-3,6-7,14-18H2,1H3,(H2,27,28). The number of thioether (sulfide) groups is 1. The van der Waals surface area contributed by atoms with Crippen LogP contribution in [0.2, 0.25) is 0 Å². The highest BCUT2D eigenvalue weighted by atomic mass is 32.2. The van der Waals surface area contributed by atoms with Crippen molar-refractivity contribution < 1.29 is 0 Å². The zero-order valence-corrected chi connectivity index (χ0v) is 19.6. The molecule has 0 spiro atoms. The van der Waals surface area contributed by atoms with Gasteiger partial charge < -0.3 is 10.3 Å². The maximum absolute atomic E-state index is 6.35. The first kappa shape index (κ1) is 21.3. The van der Waals surface area contributed by atoms with Crippen LogP contribution < -0.4 is 5.73 Å². The lowest BCUT2D eigenvalue weighted by atomic mass is 10.1. The number of imidazole rings is 1. The number of hydrogen-bond acceptors (Lipinski definition) is 5. The largest absolute Gasteiger partial charge is 0.382 e. The molecule has 1 saturated heterocycles. The number of anilines is 1. The van der Waals surface area contributed by atoms with Crippen molar-refractivity contribution in [3.63, 3.8) is 0 Å². The van der Waals surface area contributed by atoms with Crippen LogP contribution in [-0.4, -0.2) is 38.3 Å². The molecule has 2 aromatic carbocycles. The third-order valence-corrected chi connectivity index (χ3v) is 7.34. The molecule has 166 valence electrons. The minimum Gasteiger partial charge on any atom is -0.382 e. The lowest BCUT2D eigenvalue weighted by Gasteiger charge is -2.15. The van der Waals surface area contributed by atoms with Gasteiger partial charge in [-0.15, -0.1) is 0 Å². The van der Waals surface area contributed by atoms with Crippen LogP contribution in [0.5, 0.6) is 0 Å². The van der Waals surface area contributed by atoms with Gasteiger partial charge in [-0.25, -0.2) is 9.97 Å². The van der Waals surface area contributed by atoms with E-state index in [1.165, 1.54) is 49.9 Å². The van der Waals surface area contributed by atoms with E-state index in [1.54, 1.807) is 0 Å². The zero-order valence-electron chi connectivity index (χ0n) is 18.8. The summed E-state index contributed by atoms with van der Waals surface area (Å²) in [5, 5.41) is 2.14. The van der Waals surface area contributed by atoms with Gasteiger partial charge >= 0.3 is 0 Å². The number of benzene rings is 2. The summed E-state index contributed by atoms with van der Waals surface area (Å²) in [5.74, 6) is 1.57. The van der Waals surface area contributed by atoms with Gasteiger partial charge in [0.2, 0.25) is 0 Å². The molecule has 0 amide bonds. The molecule has 0 bridgehead atoms. The van der Waals surface area contributed by atoms with Gasteiger partial charge in [0.05, 0.1) is 17.6 Å². The Morgan fingerprint density at radius 3 is 2.41 bits per heavy atom. The number of rotatable bonds is 8. The molecule has 0 radical (unpaired) electrons. The first-order valence-electron chi connectivity index (χ1n) is 11.7. The summed E-state index contributed by atoms with van der Waals surface area (Å²) in [6.07, 6.45) is 5.01. The van der Waals surface area contributed by atoms with Crippen molar-refractivity contribution in [2.45, 2.75) is 50.9 Å². The average Bonchev–Trinajstić information content (AvgIpc) is 3.44. The molecule has 3 heterocycles. The monoisotopic (exact) mass is 445 g/mol. The first-order chi connectivity index (χ1) is 15.7. The number of pyridine rings is 1. The number of fused-ring (bicyclic) bond motifs is 3. The molecule has 2 aromatic heterocycles. The fraction of sp³-hybridized carbons (Fsp3) is 0.385. The van der Waals surface area contributed by atoms with E-state index in [9.17, 15) is 0 Å². The van der Waals surface area contributed by atoms with Crippen LogP contribution in [0.15, 0.2) is 53.7 Å². The second-order valence-electron chi connectivity index (χ2n) is 8.69. The summed E-state index contributed by atoms with van der Waals surface area (Å²) in [6.45, 7) is 6.51. The van der Waals surface area contributed by atoms with E-state index < -0.39 is 0 Å². The van der Waals surface area contributed by atoms with Crippen LogP contribution >= 0.6 is 11.8 Å². The minimum atomic E-state index is 0.510. The SMILES string of the molecule is CCCCSc1nc2c(N)nc3ccccc3c2n1Cc1ccc(CN2CCCC2)cc1. The molecule has 0 aliphatic carbocycles. The molecule has 6 heteroatoms. The fourth-order valence-corrected chi connectivity index (χ4v) is 5.62. The van der Waals surface area contributed by atoms with Crippen molar-refractivity contribution in [3.8, 4) is 0 Å². The Bertz CT molecular complexity index is 1210. The first-order valence-corrected chi connectivity index (χ1v) is 12.7. The number of aromatic nitrogens is 3. The lowest BCUT2D eigenvalue weighted by Crippen LogP contribution is -2.18. The van der Waals surface area contributed by atoms with Crippen LogP contribution in [0.3, 0.4) is 0 Å². The van der Waals surface area contributed by atoms with Crippen molar-refractivity contribution in [2.75, 3.05) is 24.6 Å². The predicted octanol–water partition coefficient (Wildman–Crippen LogP) is 5.70. The topological polar surface area (TPSA) is 60.0 Å². The molecule has 0 atom stereocenters. The number of unbranched alkanes of at least 4 members (excludes halogenated alkanes) is 1. The highest BCUT2D eigenvalue weighted by Gasteiger charge is 2.18. The van der Waals surface area contributed by atoms with Gasteiger partial charge in [0.1, 0.15) is 5.52 Å². The normalized spacial score (nSPS) is 14.7. The zero-order chi connectivity index (χ0) is 21.9. The van der Waals surface area contributed by atoms with E-state index in [1.807, 2.05) is 23.9 Å². The summed E-state index contributed by atoms with van der Waals surface area (Å²) in [6, 6.07) is 17.3. The van der Waals surface area contributed by atoms with Crippen LogP contribution in [0, 0.1) is 0 Å². The molecule has 0 unspecified atom stereocenters. The Hall–Kier alpha value is -2.57. The second kappa shape index (κ2) is 9.51. The van der Waals surface area contributed by atoms with Crippen molar-refractivity contribution in [2.24, 2.45) is 0 Å². The molecule has 5 nitrogen and oxygen atoms in total. The van der Waals surface area contributed by atoms with Gasteiger partial charge in [0, 0.05) is 17.7 Å². The predicted molar refractivity (Wildman–Crippen MR) is 135 cm³/mol. The molecular formula is C26H31N5S. The number of para-hydroxylation sites is 1. The van der Waals surface area contributed by atoms with Crippen LogP contribution in [0.25, 0.3) is 21.9 Å². The highest BCUT2D eigenvalue weighted by Crippen LogP contribution is 2.33. The summed E-state index contributed by atoms with van der Waals surface area (Å²) in [4.78, 5) is 12.1. The van der Waals surface area contributed by atoms with E-state index in [2.05, 4.69) is 57.8 Å². The summed E-state index contributed by atoms with van der Waals surface area (Å²) in [7, 11) is 0. The highest BCUT2D eigenvalue weighted by molar-refractivity contribution is 7.99. The quantitative estimate of drug-likeness (QED) is 0.278.